The second-order valence-corrected chi connectivity index (χ2v) is 14.1. The largest absolute Gasteiger partial charge is 0.309 e. The van der Waals surface area contributed by atoms with Gasteiger partial charge in [-0.1, -0.05) is 152 Å². The molecule has 11 rings (SSSR count). The molecular weight excluding hydrogens is 653 g/mol. The van der Waals surface area contributed by atoms with Gasteiger partial charge in [-0.3, -0.25) is 0 Å². The number of para-hydroxylation sites is 4. The maximum atomic E-state index is 2.38. The first-order valence-electron chi connectivity index (χ1n) is 18.6. The van der Waals surface area contributed by atoms with Crippen molar-refractivity contribution >= 4 is 54.4 Å². The van der Waals surface area contributed by atoms with Crippen LogP contribution < -0.4 is 0 Å². The van der Waals surface area contributed by atoms with Crippen molar-refractivity contribution in [2.45, 2.75) is 0 Å². The number of hydrogen-bond acceptors (Lipinski definition) is 0. The Kier molecular flexibility index (Phi) is 6.90. The van der Waals surface area contributed by atoms with Gasteiger partial charge in [0.1, 0.15) is 0 Å². The second kappa shape index (κ2) is 12.2. The van der Waals surface area contributed by atoms with Crippen molar-refractivity contribution < 1.29 is 0 Å². The summed E-state index contributed by atoms with van der Waals surface area (Å²) < 4.78 is 4.76. The normalized spacial score (nSPS) is 11.7. The average Bonchev–Trinajstić information content (AvgIpc) is 3.77. The van der Waals surface area contributed by atoms with Gasteiger partial charge >= 0.3 is 0 Å². The van der Waals surface area contributed by atoms with Crippen molar-refractivity contribution in [3.8, 4) is 44.8 Å². The zero-order valence-corrected chi connectivity index (χ0v) is 29.5. The standard InChI is InChI=1S/C52H34N2/c1-2-14-41-36(12-1)13-11-19-42(41)43-33-28-38(35-24-29-39(30-25-35)53-49-20-7-3-15-44(49)45-16-4-8-21-50(45)53)34-48(43)37-26-31-40(32-27-37)54-51-22-9-5-17-46(51)47-18-6-10-23-52(47)54/h1-34H. The minimum Gasteiger partial charge on any atom is -0.309 e. The van der Waals surface area contributed by atoms with Gasteiger partial charge in [0.2, 0.25) is 0 Å². The topological polar surface area (TPSA) is 9.86 Å². The smallest absolute Gasteiger partial charge is 0.0541 e. The fourth-order valence-electron chi connectivity index (χ4n) is 8.65. The van der Waals surface area contributed by atoms with Crippen molar-refractivity contribution in [1.29, 1.82) is 0 Å². The molecule has 2 heterocycles. The van der Waals surface area contributed by atoms with E-state index in [2.05, 4.69) is 215 Å². The van der Waals surface area contributed by atoms with Crippen molar-refractivity contribution in [3.05, 3.63) is 206 Å². The van der Waals surface area contributed by atoms with E-state index >= 15 is 0 Å². The molecule has 0 atom stereocenters. The molecule has 0 bridgehead atoms. The van der Waals surface area contributed by atoms with Gasteiger partial charge in [0.15, 0.2) is 0 Å². The van der Waals surface area contributed by atoms with Crippen molar-refractivity contribution in [1.82, 2.24) is 9.13 Å². The van der Waals surface area contributed by atoms with Crippen LogP contribution in [0, 0.1) is 0 Å². The fourth-order valence-corrected chi connectivity index (χ4v) is 8.65. The Morgan fingerprint density at radius 2 is 0.648 bits per heavy atom. The fraction of sp³-hybridized carbons (Fsp3) is 0. The van der Waals surface area contributed by atoms with Crippen LogP contribution in [0.4, 0.5) is 0 Å². The minimum absolute atomic E-state index is 1.15. The molecule has 0 radical (unpaired) electrons. The summed E-state index contributed by atoms with van der Waals surface area (Å²) in [5.41, 5.74) is 14.4. The molecule has 0 aliphatic rings. The lowest BCUT2D eigenvalue weighted by molar-refractivity contribution is 1.18. The molecule has 0 aliphatic carbocycles. The molecule has 0 fully saturated rings. The zero-order chi connectivity index (χ0) is 35.6. The molecule has 0 aliphatic heterocycles. The summed E-state index contributed by atoms with van der Waals surface area (Å²) in [5.74, 6) is 0. The molecule has 2 heteroatoms. The van der Waals surface area contributed by atoms with Crippen molar-refractivity contribution in [2.24, 2.45) is 0 Å². The molecule has 0 unspecified atom stereocenters. The first kappa shape index (κ1) is 30.5. The number of benzene rings is 9. The van der Waals surface area contributed by atoms with Gasteiger partial charge in [0, 0.05) is 32.9 Å². The number of fused-ring (bicyclic) bond motifs is 7. The molecule has 2 aromatic heterocycles. The number of hydrogen-bond donors (Lipinski definition) is 0. The van der Waals surface area contributed by atoms with E-state index in [-0.39, 0.29) is 0 Å². The van der Waals surface area contributed by atoms with Crippen LogP contribution in [-0.4, -0.2) is 9.13 Å². The van der Waals surface area contributed by atoms with E-state index in [1.807, 2.05) is 0 Å². The third-order valence-electron chi connectivity index (χ3n) is 11.2. The van der Waals surface area contributed by atoms with Gasteiger partial charge in [0.25, 0.3) is 0 Å². The summed E-state index contributed by atoms with van der Waals surface area (Å²) in [7, 11) is 0. The van der Waals surface area contributed by atoms with Gasteiger partial charge in [0.05, 0.1) is 22.1 Å². The van der Waals surface area contributed by atoms with Crippen LogP contribution in [0.2, 0.25) is 0 Å². The van der Waals surface area contributed by atoms with Crippen LogP contribution in [0.1, 0.15) is 0 Å². The Labute approximate surface area is 313 Å². The number of nitrogens with zero attached hydrogens (tertiary/aromatic N) is 2. The van der Waals surface area contributed by atoms with E-state index in [4.69, 9.17) is 0 Å². The maximum absolute atomic E-state index is 2.38. The highest BCUT2D eigenvalue weighted by Gasteiger charge is 2.16. The highest BCUT2D eigenvalue weighted by atomic mass is 15.0. The van der Waals surface area contributed by atoms with Gasteiger partial charge in [-0.15, -0.1) is 0 Å². The van der Waals surface area contributed by atoms with E-state index in [0.717, 1.165) is 11.4 Å². The quantitative estimate of drug-likeness (QED) is 0.171. The van der Waals surface area contributed by atoms with Gasteiger partial charge in [-0.05, 0) is 98.8 Å². The number of aromatic nitrogens is 2. The van der Waals surface area contributed by atoms with Gasteiger partial charge < -0.3 is 9.13 Å². The van der Waals surface area contributed by atoms with E-state index < -0.39 is 0 Å². The van der Waals surface area contributed by atoms with Crippen LogP contribution in [0.15, 0.2) is 206 Å². The zero-order valence-electron chi connectivity index (χ0n) is 29.5. The lowest BCUT2D eigenvalue weighted by Crippen LogP contribution is -1.95. The first-order valence-corrected chi connectivity index (χ1v) is 18.6. The third-order valence-corrected chi connectivity index (χ3v) is 11.2. The van der Waals surface area contributed by atoms with E-state index in [0.29, 0.717) is 0 Å². The van der Waals surface area contributed by atoms with E-state index in [1.165, 1.54) is 87.8 Å². The molecule has 54 heavy (non-hydrogen) atoms. The summed E-state index contributed by atoms with van der Waals surface area (Å²) in [6.45, 7) is 0. The van der Waals surface area contributed by atoms with E-state index in [1.54, 1.807) is 0 Å². The average molecular weight is 687 g/mol. The molecule has 0 saturated carbocycles. The van der Waals surface area contributed by atoms with Crippen LogP contribution in [0.25, 0.3) is 99.1 Å². The summed E-state index contributed by atoms with van der Waals surface area (Å²) in [4.78, 5) is 0. The Balaban J connectivity index is 1.05. The van der Waals surface area contributed by atoms with E-state index in [9.17, 15) is 0 Å². The molecule has 2 nitrogen and oxygen atoms in total. The molecule has 0 N–H and O–H groups in total. The third kappa shape index (κ3) is 4.74. The Morgan fingerprint density at radius 1 is 0.241 bits per heavy atom. The monoisotopic (exact) mass is 686 g/mol. The Bertz CT molecular complexity index is 3080. The molecule has 11 aromatic rings. The maximum Gasteiger partial charge on any atom is 0.0541 e. The van der Waals surface area contributed by atoms with Crippen molar-refractivity contribution in [3.63, 3.8) is 0 Å². The molecule has 252 valence electrons. The second-order valence-electron chi connectivity index (χ2n) is 14.1. The van der Waals surface area contributed by atoms with Crippen LogP contribution in [0.5, 0.6) is 0 Å². The molecule has 0 spiro atoms. The molecule has 9 aromatic carbocycles. The molecule has 0 saturated heterocycles. The predicted octanol–water partition coefficient (Wildman–Crippen LogP) is 14.0. The summed E-state index contributed by atoms with van der Waals surface area (Å²) >= 11 is 0. The molecule has 0 amide bonds. The van der Waals surface area contributed by atoms with Crippen LogP contribution in [-0.2, 0) is 0 Å². The summed E-state index contributed by atoms with van der Waals surface area (Å²) in [5, 5.41) is 7.59. The predicted molar refractivity (Wildman–Crippen MR) is 229 cm³/mol. The lowest BCUT2D eigenvalue weighted by Gasteiger charge is -2.16. The summed E-state index contributed by atoms with van der Waals surface area (Å²) in [6.07, 6.45) is 0. The van der Waals surface area contributed by atoms with Crippen LogP contribution >= 0.6 is 0 Å². The lowest BCUT2D eigenvalue weighted by atomic mass is 9.89. The number of rotatable bonds is 5. The molecular formula is C52H34N2. The highest BCUT2D eigenvalue weighted by molar-refractivity contribution is 6.10. The SMILES string of the molecule is c1ccc2c(-c3ccc(-c4ccc(-n5c6ccccc6c6ccccc65)cc4)cc3-c3ccc(-n4c5ccccc5c5ccccc54)cc3)cccc2c1. The van der Waals surface area contributed by atoms with Gasteiger partial charge in [-0.25, -0.2) is 0 Å². The van der Waals surface area contributed by atoms with Crippen molar-refractivity contribution in [2.75, 3.05) is 0 Å². The minimum atomic E-state index is 1.15. The first-order chi connectivity index (χ1) is 26.8. The highest BCUT2D eigenvalue weighted by Crippen LogP contribution is 2.40. The van der Waals surface area contributed by atoms with Crippen LogP contribution in [0.3, 0.4) is 0 Å². The van der Waals surface area contributed by atoms with Gasteiger partial charge in [-0.2, -0.15) is 0 Å². The Morgan fingerprint density at radius 3 is 1.17 bits per heavy atom. The Hall–Kier alpha value is -7.16. The summed E-state index contributed by atoms with van der Waals surface area (Å²) in [6, 6.07) is 75.2.